The lowest BCUT2D eigenvalue weighted by Crippen LogP contribution is -2.27. The maximum Gasteiger partial charge on any atom is 0.226 e. The van der Waals surface area contributed by atoms with Crippen LogP contribution in [0.25, 0.3) is 0 Å². The minimum atomic E-state index is 0.278. The maximum absolute atomic E-state index is 5.12. The lowest BCUT2D eigenvalue weighted by molar-refractivity contribution is 0.397. The molecule has 1 aliphatic heterocycles. The highest BCUT2D eigenvalue weighted by molar-refractivity contribution is 5.50. The monoisotopic (exact) mass is 315 g/mol. The summed E-state index contributed by atoms with van der Waals surface area (Å²) in [5.41, 5.74) is 0. The Morgan fingerprint density at radius 1 is 1.30 bits per heavy atom. The van der Waals surface area contributed by atoms with Crippen LogP contribution >= 0.6 is 0 Å². The summed E-state index contributed by atoms with van der Waals surface area (Å²) in [6.45, 7) is 1.79. The number of ether oxygens (including phenoxy) is 1. The number of nitrogens with one attached hydrogen (secondary N) is 1. The van der Waals surface area contributed by atoms with E-state index >= 15 is 0 Å². The van der Waals surface area contributed by atoms with E-state index in [2.05, 4.69) is 30.2 Å². The molecule has 0 radical (unpaired) electrons. The normalized spacial score (nSPS) is 17.2. The summed E-state index contributed by atoms with van der Waals surface area (Å²) in [5.74, 6) is 3.00. The Balaban J connectivity index is 1.65. The molecule has 2 aromatic rings. The number of rotatable bonds is 5. The van der Waals surface area contributed by atoms with Crippen molar-refractivity contribution >= 4 is 17.6 Å². The molecule has 1 N–H and O–H groups in total. The summed E-state index contributed by atoms with van der Waals surface area (Å²) >= 11 is 0. The Morgan fingerprint density at radius 2 is 2.17 bits per heavy atom. The van der Waals surface area contributed by atoms with Crippen LogP contribution in [0, 0.1) is 0 Å². The molecule has 8 heteroatoms. The third-order valence-electron chi connectivity index (χ3n) is 3.78. The Hall–Kier alpha value is -2.64. The summed E-state index contributed by atoms with van der Waals surface area (Å²) in [6, 6.07) is 4.01. The van der Waals surface area contributed by atoms with E-state index in [9.17, 15) is 0 Å². The number of methoxy groups -OCH3 is 1. The van der Waals surface area contributed by atoms with Gasteiger partial charge in [-0.25, -0.2) is 15.0 Å². The van der Waals surface area contributed by atoms with Crippen molar-refractivity contribution in [2.45, 2.75) is 12.5 Å². The van der Waals surface area contributed by atoms with Crippen molar-refractivity contribution in [3.8, 4) is 5.88 Å². The lowest BCUT2D eigenvalue weighted by atomic mass is 10.3. The minimum absolute atomic E-state index is 0.278. The van der Waals surface area contributed by atoms with Crippen molar-refractivity contribution in [2.75, 3.05) is 49.4 Å². The lowest BCUT2D eigenvalue weighted by Gasteiger charge is -2.19. The average molecular weight is 315 g/mol. The van der Waals surface area contributed by atoms with Crippen LogP contribution < -0.4 is 19.9 Å². The molecule has 0 amide bonds. The molecule has 1 saturated heterocycles. The van der Waals surface area contributed by atoms with Crippen molar-refractivity contribution in [3.05, 3.63) is 24.7 Å². The number of aromatic nitrogens is 4. The van der Waals surface area contributed by atoms with E-state index in [0.29, 0.717) is 11.8 Å². The fourth-order valence-electron chi connectivity index (χ4n) is 2.55. The zero-order chi connectivity index (χ0) is 16.2. The molecule has 0 aromatic carbocycles. The first-order valence-electron chi connectivity index (χ1n) is 7.53. The van der Waals surface area contributed by atoms with Gasteiger partial charge in [0.05, 0.1) is 7.11 Å². The third kappa shape index (κ3) is 3.58. The van der Waals surface area contributed by atoms with Gasteiger partial charge in [-0.1, -0.05) is 0 Å². The van der Waals surface area contributed by atoms with Gasteiger partial charge in [0.25, 0.3) is 0 Å². The number of nitrogens with zero attached hydrogens (tertiary/aromatic N) is 6. The molecule has 0 saturated carbocycles. The van der Waals surface area contributed by atoms with Crippen LogP contribution in [0.5, 0.6) is 5.88 Å². The summed E-state index contributed by atoms with van der Waals surface area (Å²) in [7, 11) is 5.54. The predicted molar refractivity (Wildman–Crippen MR) is 89.2 cm³/mol. The van der Waals surface area contributed by atoms with Crippen LogP contribution in [0.1, 0.15) is 6.42 Å². The van der Waals surface area contributed by atoms with Gasteiger partial charge in [0.1, 0.15) is 18.0 Å². The van der Waals surface area contributed by atoms with Crippen molar-refractivity contribution < 1.29 is 4.74 Å². The highest BCUT2D eigenvalue weighted by atomic mass is 16.5. The average Bonchev–Trinajstić information content (AvgIpc) is 3.03. The van der Waals surface area contributed by atoms with Crippen LogP contribution in [0.2, 0.25) is 0 Å². The first kappa shape index (κ1) is 15.3. The molecule has 1 atom stereocenters. The molecule has 3 rings (SSSR count). The van der Waals surface area contributed by atoms with Gasteiger partial charge in [0, 0.05) is 51.6 Å². The molecule has 0 aliphatic carbocycles. The number of hydrogen-bond donors (Lipinski definition) is 1. The van der Waals surface area contributed by atoms with Gasteiger partial charge in [-0.2, -0.15) is 4.98 Å². The van der Waals surface area contributed by atoms with Crippen LogP contribution in [-0.2, 0) is 0 Å². The van der Waals surface area contributed by atoms with Gasteiger partial charge >= 0.3 is 0 Å². The zero-order valence-electron chi connectivity index (χ0n) is 13.6. The fraction of sp³-hybridized carbons (Fsp3) is 0.467. The van der Waals surface area contributed by atoms with E-state index in [0.717, 1.165) is 31.1 Å². The first-order valence-corrected chi connectivity index (χ1v) is 7.53. The molecular formula is C15H21N7O. The van der Waals surface area contributed by atoms with Gasteiger partial charge in [-0.15, -0.1) is 0 Å². The molecule has 3 heterocycles. The number of anilines is 3. The van der Waals surface area contributed by atoms with E-state index in [1.807, 2.05) is 25.1 Å². The van der Waals surface area contributed by atoms with E-state index < -0.39 is 0 Å². The van der Waals surface area contributed by atoms with Crippen molar-refractivity contribution in [1.29, 1.82) is 0 Å². The standard InChI is InChI=1S/C15H21N7O/c1-21(2)12-8-13(18-10-17-12)22-7-5-11(9-22)19-15-16-6-4-14(20-15)23-3/h4,6,8,10-11H,5,7,9H2,1-3H3,(H,16,19,20). The smallest absolute Gasteiger partial charge is 0.226 e. The van der Waals surface area contributed by atoms with E-state index in [1.54, 1.807) is 25.7 Å². The molecule has 0 spiro atoms. The molecule has 8 nitrogen and oxygen atoms in total. The van der Waals surface area contributed by atoms with E-state index in [-0.39, 0.29) is 6.04 Å². The second-order valence-corrected chi connectivity index (χ2v) is 5.63. The molecule has 1 fully saturated rings. The quantitative estimate of drug-likeness (QED) is 0.876. The van der Waals surface area contributed by atoms with Crippen molar-refractivity contribution in [3.63, 3.8) is 0 Å². The maximum atomic E-state index is 5.12. The molecule has 0 bridgehead atoms. The first-order chi connectivity index (χ1) is 11.2. The van der Waals surface area contributed by atoms with Gasteiger partial charge in [-0.05, 0) is 6.42 Å². The van der Waals surface area contributed by atoms with Crippen LogP contribution in [0.15, 0.2) is 24.7 Å². The molecule has 23 heavy (non-hydrogen) atoms. The van der Waals surface area contributed by atoms with Crippen LogP contribution in [0.4, 0.5) is 17.6 Å². The molecule has 1 aliphatic rings. The highest BCUT2D eigenvalue weighted by Crippen LogP contribution is 2.22. The minimum Gasteiger partial charge on any atom is -0.481 e. The van der Waals surface area contributed by atoms with Crippen molar-refractivity contribution in [1.82, 2.24) is 19.9 Å². The summed E-state index contributed by atoms with van der Waals surface area (Å²) < 4.78 is 5.12. The van der Waals surface area contributed by atoms with E-state index in [4.69, 9.17) is 4.74 Å². The molecular weight excluding hydrogens is 294 g/mol. The van der Waals surface area contributed by atoms with Crippen LogP contribution in [-0.4, -0.2) is 60.3 Å². The second-order valence-electron chi connectivity index (χ2n) is 5.63. The zero-order valence-corrected chi connectivity index (χ0v) is 13.6. The number of hydrogen-bond acceptors (Lipinski definition) is 8. The molecule has 2 aromatic heterocycles. The Bertz CT molecular complexity index is 664. The second kappa shape index (κ2) is 6.64. The highest BCUT2D eigenvalue weighted by Gasteiger charge is 2.24. The Labute approximate surface area is 135 Å². The van der Waals surface area contributed by atoms with Crippen LogP contribution in [0.3, 0.4) is 0 Å². The largest absolute Gasteiger partial charge is 0.481 e. The van der Waals surface area contributed by atoms with Gasteiger partial charge < -0.3 is 19.9 Å². The Kier molecular flexibility index (Phi) is 4.40. The van der Waals surface area contributed by atoms with Gasteiger partial charge in [0.2, 0.25) is 11.8 Å². The Morgan fingerprint density at radius 3 is 2.96 bits per heavy atom. The third-order valence-corrected chi connectivity index (χ3v) is 3.78. The fourth-order valence-corrected chi connectivity index (χ4v) is 2.55. The van der Waals surface area contributed by atoms with E-state index in [1.165, 1.54) is 0 Å². The SMILES string of the molecule is COc1ccnc(NC2CCN(c3cc(N(C)C)ncn3)C2)n1. The summed E-state index contributed by atoms with van der Waals surface area (Å²) in [5, 5.41) is 3.35. The molecule has 1 unspecified atom stereocenters. The molecule has 122 valence electrons. The summed E-state index contributed by atoms with van der Waals surface area (Å²) in [6.07, 6.45) is 4.30. The predicted octanol–water partition coefficient (Wildman–Crippen LogP) is 1.03. The topological polar surface area (TPSA) is 79.3 Å². The van der Waals surface area contributed by atoms with Crippen molar-refractivity contribution in [2.24, 2.45) is 0 Å². The summed E-state index contributed by atoms with van der Waals surface area (Å²) in [4.78, 5) is 21.4. The van der Waals surface area contributed by atoms with Gasteiger partial charge in [0.15, 0.2) is 0 Å². The van der Waals surface area contributed by atoms with Gasteiger partial charge in [-0.3, -0.25) is 0 Å².